The Labute approximate surface area is 340 Å². The molecule has 0 amide bonds. The zero-order chi connectivity index (χ0) is 41.2. The number of guanidine groups is 1. The molecule has 3 aromatic rings. The number of hydrogen-bond acceptors (Lipinski definition) is 11. The molecule has 58 heavy (non-hydrogen) atoms. The summed E-state index contributed by atoms with van der Waals surface area (Å²) >= 11 is 0. The van der Waals surface area contributed by atoms with Crippen LogP contribution in [0.2, 0.25) is 0 Å². The second kappa shape index (κ2) is 20.2. The molecule has 2 aliphatic carbocycles. The van der Waals surface area contributed by atoms with Crippen molar-refractivity contribution in [3.63, 3.8) is 0 Å². The monoisotopic (exact) mass is 796 g/mol. The molecule has 1 aliphatic heterocycles. The molecule has 6 rings (SSSR count). The number of aldehydes is 2. The minimum absolute atomic E-state index is 0.0610. The Morgan fingerprint density at radius 3 is 2.59 bits per heavy atom. The third-order valence-corrected chi connectivity index (χ3v) is 12.6. The zero-order valence-corrected chi connectivity index (χ0v) is 33.1. The van der Waals surface area contributed by atoms with Crippen LogP contribution in [0, 0.1) is 23.7 Å². The molecule has 2 heterocycles. The number of benzene rings is 2. The normalized spacial score (nSPS) is 24.8. The lowest BCUT2D eigenvalue weighted by molar-refractivity contribution is -0.131. The van der Waals surface area contributed by atoms with Crippen LogP contribution in [-0.2, 0) is 27.2 Å². The van der Waals surface area contributed by atoms with Gasteiger partial charge < -0.3 is 57.1 Å². The first-order valence-corrected chi connectivity index (χ1v) is 20.8. The topological polar surface area (TPSA) is 236 Å². The van der Waals surface area contributed by atoms with E-state index in [0.29, 0.717) is 44.1 Å². The van der Waals surface area contributed by atoms with Gasteiger partial charge in [-0.1, -0.05) is 42.5 Å². The largest absolute Gasteiger partial charge is 0.478 e. The summed E-state index contributed by atoms with van der Waals surface area (Å²) in [7, 11) is 0. The summed E-state index contributed by atoms with van der Waals surface area (Å²) in [4.78, 5) is 43.7. The molecule has 11 N–H and O–H groups in total. The standard InChI is InChI=1S/C45H60N6O7/c46-34(11-6-28(26-55)3-2-16-52)12-10-29-8-9-31-21-33-20-30-7-5-27(13-17-53)19-32(30)22-35(33)44(29)36(31)23-38(49-42-4-1-15-48-42)37(24-43(57)58)39-25-40(41(56)14-18-54)51-45(47)50-39/h1,4-5,7-9,15,17,19-20,22,24,26,28-29,31,34,36,38-41,44,48-49,52,54,56H,2-3,6,10-14,16,18,21,23,25,46H2,(H,57,58)(H3,47,50,51). The average molecular weight is 797 g/mol. The number of H-pyrrole nitrogens is 1. The maximum Gasteiger partial charge on any atom is 0.328 e. The van der Waals surface area contributed by atoms with E-state index in [2.05, 4.69) is 52.0 Å². The van der Waals surface area contributed by atoms with Gasteiger partial charge in [-0.15, -0.1) is 0 Å². The van der Waals surface area contributed by atoms with Gasteiger partial charge >= 0.3 is 5.97 Å². The number of anilines is 1. The molecular weight excluding hydrogens is 737 g/mol. The van der Waals surface area contributed by atoms with Gasteiger partial charge in [-0.05, 0) is 133 Å². The Morgan fingerprint density at radius 2 is 1.86 bits per heavy atom. The second-order valence-corrected chi connectivity index (χ2v) is 16.5. The number of aliphatic hydroxyl groups excluding tert-OH is 3. The molecule has 312 valence electrons. The molecule has 0 radical (unpaired) electrons. The highest BCUT2D eigenvalue weighted by Crippen LogP contribution is 2.52. The molecule has 3 aliphatic rings. The van der Waals surface area contributed by atoms with Gasteiger partial charge in [0.2, 0.25) is 0 Å². The molecule has 10 atom stereocenters. The Bertz CT molecular complexity index is 1950. The molecule has 1 aromatic heterocycles. The van der Waals surface area contributed by atoms with E-state index in [1.54, 1.807) is 0 Å². The number of fused-ring (bicyclic) bond motifs is 5. The molecule has 0 spiro atoms. The Kier molecular flexibility index (Phi) is 14.9. The van der Waals surface area contributed by atoms with Crippen molar-refractivity contribution >= 4 is 41.1 Å². The van der Waals surface area contributed by atoms with E-state index in [0.717, 1.165) is 54.0 Å². The van der Waals surface area contributed by atoms with Crippen molar-refractivity contribution in [1.82, 2.24) is 10.3 Å². The first-order chi connectivity index (χ1) is 28.1. The number of carbonyl (C=O) groups excluding carboxylic acids is 2. The van der Waals surface area contributed by atoms with Crippen molar-refractivity contribution in [3.05, 3.63) is 89.2 Å². The molecule has 0 saturated heterocycles. The van der Waals surface area contributed by atoms with E-state index in [-0.39, 0.29) is 67.6 Å². The summed E-state index contributed by atoms with van der Waals surface area (Å²) in [6, 6.07) is 12.8. The predicted molar refractivity (Wildman–Crippen MR) is 225 cm³/mol. The average Bonchev–Trinajstić information content (AvgIpc) is 3.72. The molecule has 0 fully saturated rings. The molecule has 0 saturated carbocycles. The lowest BCUT2D eigenvalue weighted by Crippen LogP contribution is -2.53. The number of nitrogens with two attached hydrogens (primary N) is 2. The fraction of sp³-hybridized carbons (Fsp3) is 0.511. The minimum Gasteiger partial charge on any atom is -0.478 e. The van der Waals surface area contributed by atoms with Gasteiger partial charge in [-0.3, -0.25) is 0 Å². The second-order valence-electron chi connectivity index (χ2n) is 16.5. The van der Waals surface area contributed by atoms with Crippen molar-refractivity contribution in [2.24, 2.45) is 40.1 Å². The summed E-state index contributed by atoms with van der Waals surface area (Å²) in [6.07, 6.45) is 15.1. The predicted octanol–water partition coefficient (Wildman–Crippen LogP) is 4.11. The highest BCUT2D eigenvalue weighted by Gasteiger charge is 2.44. The van der Waals surface area contributed by atoms with Gasteiger partial charge in [0.25, 0.3) is 0 Å². The van der Waals surface area contributed by atoms with Crippen LogP contribution < -0.4 is 22.1 Å². The number of aliphatic imine (C=N–C) groups is 1. The number of allylic oxidation sites excluding steroid dienone is 2. The van der Waals surface area contributed by atoms with Crippen LogP contribution in [0.4, 0.5) is 5.82 Å². The van der Waals surface area contributed by atoms with E-state index in [9.17, 15) is 34.8 Å². The van der Waals surface area contributed by atoms with Gasteiger partial charge in [0.05, 0.1) is 24.2 Å². The maximum absolute atomic E-state index is 12.6. The van der Waals surface area contributed by atoms with Crippen LogP contribution in [0.3, 0.4) is 0 Å². The number of aromatic nitrogens is 1. The maximum atomic E-state index is 12.6. The summed E-state index contributed by atoms with van der Waals surface area (Å²) in [5.74, 6) is 0.0307. The number of carbonyl (C=O) groups is 3. The van der Waals surface area contributed by atoms with E-state index in [1.807, 2.05) is 24.4 Å². The Hall–Kier alpha value is -4.82. The third kappa shape index (κ3) is 10.6. The number of aromatic amines is 1. The quantitative estimate of drug-likeness (QED) is 0.0399. The van der Waals surface area contributed by atoms with Crippen molar-refractivity contribution in [2.45, 2.75) is 107 Å². The first kappa shape index (κ1) is 42.8. The fourth-order valence-corrected chi connectivity index (χ4v) is 9.67. The molecule has 10 unspecified atom stereocenters. The van der Waals surface area contributed by atoms with Crippen LogP contribution in [0.1, 0.15) is 80.4 Å². The van der Waals surface area contributed by atoms with E-state index in [1.165, 1.54) is 17.2 Å². The lowest BCUT2D eigenvalue weighted by Gasteiger charge is -2.47. The number of carboxylic acid groups (broad SMARTS) is 1. The Morgan fingerprint density at radius 1 is 1.02 bits per heavy atom. The summed E-state index contributed by atoms with van der Waals surface area (Å²) in [5.41, 5.74) is 17.0. The van der Waals surface area contributed by atoms with E-state index in [4.69, 9.17) is 16.5 Å². The number of rotatable bonds is 22. The van der Waals surface area contributed by atoms with Gasteiger partial charge in [0.1, 0.15) is 18.4 Å². The third-order valence-electron chi connectivity index (χ3n) is 12.6. The van der Waals surface area contributed by atoms with Crippen molar-refractivity contribution in [2.75, 3.05) is 18.5 Å². The van der Waals surface area contributed by atoms with Crippen LogP contribution in [0.5, 0.6) is 0 Å². The van der Waals surface area contributed by atoms with E-state index >= 15 is 0 Å². The van der Waals surface area contributed by atoms with Crippen molar-refractivity contribution in [1.29, 1.82) is 0 Å². The van der Waals surface area contributed by atoms with Crippen LogP contribution >= 0.6 is 0 Å². The fourth-order valence-electron chi connectivity index (χ4n) is 9.67. The zero-order valence-electron chi connectivity index (χ0n) is 33.1. The number of hydrogen-bond donors (Lipinski definition) is 9. The number of aliphatic hydroxyl groups is 3. The lowest BCUT2D eigenvalue weighted by atomic mass is 9.58. The smallest absolute Gasteiger partial charge is 0.328 e. The van der Waals surface area contributed by atoms with Gasteiger partial charge in [-0.25, -0.2) is 9.79 Å². The van der Waals surface area contributed by atoms with Gasteiger partial charge in [0, 0.05) is 43.9 Å². The molecular formula is C45H60N6O7. The highest BCUT2D eigenvalue weighted by atomic mass is 16.4. The van der Waals surface area contributed by atoms with Crippen molar-refractivity contribution in [3.8, 4) is 0 Å². The summed E-state index contributed by atoms with van der Waals surface area (Å²) in [5, 5.41) is 48.9. The molecule has 13 nitrogen and oxygen atoms in total. The molecule has 2 aromatic carbocycles. The number of aliphatic carboxylic acids is 1. The Balaban J connectivity index is 1.36. The van der Waals surface area contributed by atoms with Gasteiger partial charge in [-0.2, -0.15) is 0 Å². The summed E-state index contributed by atoms with van der Waals surface area (Å²) in [6.45, 7) is -0.148. The van der Waals surface area contributed by atoms with Gasteiger partial charge in [0.15, 0.2) is 5.96 Å². The highest BCUT2D eigenvalue weighted by molar-refractivity contribution is 5.86. The van der Waals surface area contributed by atoms with Crippen molar-refractivity contribution < 1.29 is 34.8 Å². The number of nitrogens with one attached hydrogen (secondary N) is 3. The number of nitrogens with zero attached hydrogens (tertiary/aromatic N) is 1. The molecule has 13 heteroatoms. The SMILES string of the molecule is NC1=NC(C(=CC(=O)O)C(CC2C3C=CC(CCC(N)CCC(C=O)CCCO)C2c2cc4cc(CC=O)ccc4cc2C3)Nc2ccc[nH]2)CC(C(O)CCO)N1. The van der Waals surface area contributed by atoms with Crippen LogP contribution in [-0.4, -0.2) is 93.4 Å². The van der Waals surface area contributed by atoms with Crippen LogP contribution in [0.15, 0.2) is 77.5 Å². The van der Waals surface area contributed by atoms with E-state index < -0.39 is 30.2 Å². The molecule has 2 bridgehead atoms. The first-order valence-electron chi connectivity index (χ1n) is 20.8. The summed E-state index contributed by atoms with van der Waals surface area (Å²) < 4.78 is 0. The number of carboxylic acids is 1. The minimum atomic E-state index is -1.11. The van der Waals surface area contributed by atoms with Crippen LogP contribution in [0.25, 0.3) is 10.8 Å².